The Hall–Kier alpha value is -1.29. The van der Waals surface area contributed by atoms with Gasteiger partial charge in [-0.1, -0.05) is 23.7 Å². The molecule has 2 nitrogen and oxygen atoms in total. The average molecular weight is 264 g/mol. The van der Waals surface area contributed by atoms with Gasteiger partial charge < -0.3 is 10.2 Å². The van der Waals surface area contributed by atoms with Crippen molar-refractivity contribution in [3.63, 3.8) is 0 Å². The molecule has 0 fully saturated rings. The minimum absolute atomic E-state index is 0.526. The molecule has 2 heterocycles. The number of thiophene rings is 1. The third kappa shape index (κ3) is 1.76. The van der Waals surface area contributed by atoms with E-state index >= 15 is 0 Å². The van der Waals surface area contributed by atoms with Crippen molar-refractivity contribution in [2.75, 3.05) is 0 Å². The normalized spacial score (nSPS) is 11.2. The van der Waals surface area contributed by atoms with Crippen molar-refractivity contribution in [3.05, 3.63) is 45.6 Å². The smallest absolute Gasteiger partial charge is 0.153 e. The third-order valence-electron chi connectivity index (χ3n) is 2.69. The Bertz CT molecular complexity index is 671. The van der Waals surface area contributed by atoms with Crippen LogP contribution in [0.1, 0.15) is 4.88 Å². The molecule has 0 unspecified atom stereocenters. The maximum Gasteiger partial charge on any atom is 0.153 e. The Balaban J connectivity index is 2.22. The van der Waals surface area contributed by atoms with Crippen molar-refractivity contribution in [1.82, 2.24) is 0 Å². The molecule has 0 spiro atoms. The summed E-state index contributed by atoms with van der Waals surface area (Å²) in [5.41, 5.74) is 7.49. The average Bonchev–Trinajstić information content (AvgIpc) is 2.94. The van der Waals surface area contributed by atoms with Crippen molar-refractivity contribution >= 4 is 33.9 Å². The predicted molar refractivity (Wildman–Crippen MR) is 72.4 cm³/mol. The largest absolute Gasteiger partial charge is 0.454 e. The first-order valence-corrected chi connectivity index (χ1v) is 6.50. The van der Waals surface area contributed by atoms with Gasteiger partial charge in [-0.3, -0.25) is 0 Å². The van der Waals surface area contributed by atoms with Crippen molar-refractivity contribution < 1.29 is 4.42 Å². The second-order valence-corrected chi connectivity index (χ2v) is 5.14. The van der Waals surface area contributed by atoms with E-state index < -0.39 is 0 Å². The number of furan rings is 1. The summed E-state index contributed by atoms with van der Waals surface area (Å²) in [6.45, 7) is 0.526. The predicted octanol–water partition coefficient (Wildman–Crippen LogP) is 4.27. The van der Waals surface area contributed by atoms with Gasteiger partial charge >= 0.3 is 0 Å². The fourth-order valence-electron chi connectivity index (χ4n) is 1.88. The molecule has 0 radical (unpaired) electrons. The van der Waals surface area contributed by atoms with E-state index in [1.165, 1.54) is 0 Å². The third-order valence-corrected chi connectivity index (χ3v) is 3.93. The molecule has 0 aliphatic carbocycles. The Kier molecular flexibility index (Phi) is 2.67. The molecule has 0 aliphatic rings. The van der Waals surface area contributed by atoms with Gasteiger partial charge in [0.05, 0.1) is 5.02 Å². The Morgan fingerprint density at radius 3 is 2.94 bits per heavy atom. The highest BCUT2D eigenvalue weighted by atomic mass is 35.5. The first-order chi connectivity index (χ1) is 8.29. The molecule has 86 valence electrons. The molecular weight excluding hydrogens is 254 g/mol. The van der Waals surface area contributed by atoms with Crippen LogP contribution in [-0.2, 0) is 6.54 Å². The highest BCUT2D eigenvalue weighted by Crippen LogP contribution is 2.35. The zero-order chi connectivity index (χ0) is 11.8. The van der Waals surface area contributed by atoms with Gasteiger partial charge in [-0.25, -0.2) is 0 Å². The highest BCUT2D eigenvalue weighted by Gasteiger charge is 2.12. The summed E-state index contributed by atoms with van der Waals surface area (Å²) in [6, 6.07) is 9.76. The Morgan fingerprint density at radius 1 is 1.29 bits per heavy atom. The number of hydrogen-bond donors (Lipinski definition) is 1. The summed E-state index contributed by atoms with van der Waals surface area (Å²) in [4.78, 5) is 1.13. The molecule has 0 amide bonds. The standard InChI is InChI=1S/C13H10ClNOS/c14-10-3-1-2-8-6-11(16-13(8)10)9-4-5-17-12(9)7-15/h1-6H,7,15H2. The lowest BCUT2D eigenvalue weighted by Gasteiger charge is -1.96. The molecular formula is C13H10ClNOS. The SMILES string of the molecule is NCc1sccc1-c1cc2cccc(Cl)c2o1. The van der Waals surface area contributed by atoms with Crippen molar-refractivity contribution in [1.29, 1.82) is 0 Å². The van der Waals surface area contributed by atoms with Crippen LogP contribution >= 0.6 is 22.9 Å². The van der Waals surface area contributed by atoms with E-state index in [1.807, 2.05) is 35.7 Å². The number of fused-ring (bicyclic) bond motifs is 1. The number of rotatable bonds is 2. The molecule has 1 aromatic carbocycles. The van der Waals surface area contributed by atoms with Gasteiger partial charge in [0.2, 0.25) is 0 Å². The first kappa shape index (κ1) is 10.8. The minimum atomic E-state index is 0.526. The van der Waals surface area contributed by atoms with Crippen LogP contribution in [0.15, 0.2) is 40.1 Å². The van der Waals surface area contributed by atoms with E-state index in [9.17, 15) is 0 Å². The van der Waals surface area contributed by atoms with E-state index in [1.54, 1.807) is 11.3 Å². The molecule has 3 rings (SSSR count). The van der Waals surface area contributed by atoms with Crippen LogP contribution in [0.5, 0.6) is 0 Å². The topological polar surface area (TPSA) is 39.2 Å². The summed E-state index contributed by atoms with van der Waals surface area (Å²) in [7, 11) is 0. The van der Waals surface area contributed by atoms with Crippen LogP contribution < -0.4 is 5.73 Å². The summed E-state index contributed by atoms with van der Waals surface area (Å²) in [5.74, 6) is 0.829. The van der Waals surface area contributed by atoms with E-state index in [2.05, 4.69) is 0 Å². The zero-order valence-electron chi connectivity index (χ0n) is 8.94. The lowest BCUT2D eigenvalue weighted by Crippen LogP contribution is -1.93. The zero-order valence-corrected chi connectivity index (χ0v) is 10.5. The number of hydrogen-bond acceptors (Lipinski definition) is 3. The maximum atomic E-state index is 6.09. The fourth-order valence-corrected chi connectivity index (χ4v) is 2.86. The molecule has 0 aliphatic heterocycles. The molecule has 17 heavy (non-hydrogen) atoms. The van der Waals surface area contributed by atoms with Crippen molar-refractivity contribution in [2.45, 2.75) is 6.54 Å². The summed E-state index contributed by atoms with van der Waals surface area (Å²) in [6.07, 6.45) is 0. The molecule has 2 aromatic heterocycles. The van der Waals surface area contributed by atoms with E-state index in [4.69, 9.17) is 21.8 Å². The maximum absolute atomic E-state index is 6.09. The van der Waals surface area contributed by atoms with Gasteiger partial charge in [0.15, 0.2) is 5.58 Å². The van der Waals surface area contributed by atoms with Crippen LogP contribution in [0, 0.1) is 0 Å². The van der Waals surface area contributed by atoms with E-state index in [0.29, 0.717) is 11.6 Å². The van der Waals surface area contributed by atoms with Gasteiger partial charge in [-0.05, 0) is 23.6 Å². The number of benzene rings is 1. The van der Waals surface area contributed by atoms with Crippen LogP contribution in [0.25, 0.3) is 22.3 Å². The van der Waals surface area contributed by atoms with Gasteiger partial charge in [-0.15, -0.1) is 11.3 Å². The number of nitrogens with two attached hydrogens (primary N) is 1. The van der Waals surface area contributed by atoms with Crippen molar-refractivity contribution in [3.8, 4) is 11.3 Å². The summed E-state index contributed by atoms with van der Waals surface area (Å²) < 4.78 is 5.80. The molecule has 0 saturated carbocycles. The van der Waals surface area contributed by atoms with Gasteiger partial charge in [-0.2, -0.15) is 0 Å². The molecule has 0 bridgehead atoms. The second-order valence-electron chi connectivity index (χ2n) is 3.73. The van der Waals surface area contributed by atoms with Gasteiger partial charge in [0, 0.05) is 22.4 Å². The highest BCUT2D eigenvalue weighted by molar-refractivity contribution is 7.10. The lowest BCUT2D eigenvalue weighted by molar-refractivity contribution is 0.631. The second kappa shape index (κ2) is 4.18. The molecule has 0 saturated heterocycles. The van der Waals surface area contributed by atoms with Crippen molar-refractivity contribution in [2.24, 2.45) is 5.73 Å². The summed E-state index contributed by atoms with van der Waals surface area (Å²) >= 11 is 7.73. The Labute approximate surface area is 108 Å². The molecule has 4 heteroatoms. The van der Waals surface area contributed by atoms with Crippen LogP contribution in [0.4, 0.5) is 0 Å². The molecule has 2 N–H and O–H groups in total. The van der Waals surface area contributed by atoms with E-state index in [-0.39, 0.29) is 0 Å². The minimum Gasteiger partial charge on any atom is -0.454 e. The molecule has 0 atom stereocenters. The Morgan fingerprint density at radius 2 is 2.18 bits per heavy atom. The quantitative estimate of drug-likeness (QED) is 0.750. The molecule has 3 aromatic rings. The summed E-state index contributed by atoms with van der Waals surface area (Å²) in [5, 5.41) is 3.67. The van der Waals surface area contributed by atoms with Crippen LogP contribution in [0.3, 0.4) is 0 Å². The van der Waals surface area contributed by atoms with E-state index in [0.717, 1.165) is 27.2 Å². The fraction of sp³-hybridized carbons (Fsp3) is 0.0769. The van der Waals surface area contributed by atoms with Gasteiger partial charge in [0.25, 0.3) is 0 Å². The van der Waals surface area contributed by atoms with Crippen LogP contribution in [0.2, 0.25) is 5.02 Å². The number of halogens is 1. The van der Waals surface area contributed by atoms with Crippen LogP contribution in [-0.4, -0.2) is 0 Å². The number of para-hydroxylation sites is 1. The monoisotopic (exact) mass is 263 g/mol. The first-order valence-electron chi connectivity index (χ1n) is 5.24. The lowest BCUT2D eigenvalue weighted by atomic mass is 10.2. The van der Waals surface area contributed by atoms with Gasteiger partial charge in [0.1, 0.15) is 5.76 Å².